The van der Waals surface area contributed by atoms with Crippen LogP contribution in [-0.4, -0.2) is 18.9 Å². The number of carbonyl (C=O) groups is 2. The molecular weight excluding hydrogens is 392 g/mol. The van der Waals surface area contributed by atoms with Crippen molar-refractivity contribution >= 4 is 33.2 Å². The summed E-state index contributed by atoms with van der Waals surface area (Å²) >= 11 is 1.49. The molecule has 0 unspecified atom stereocenters. The monoisotopic (exact) mass is 414 g/mol. The summed E-state index contributed by atoms with van der Waals surface area (Å²) in [6.45, 7) is 0.505. The largest absolute Gasteiger partial charge is 0.354 e. The highest BCUT2D eigenvalue weighted by atomic mass is 32.1. The second-order valence-corrected chi connectivity index (χ2v) is 8.16. The summed E-state index contributed by atoms with van der Waals surface area (Å²) in [5.41, 5.74) is 4.26. The first-order valence-corrected chi connectivity index (χ1v) is 10.6. The molecule has 3 aromatic carbocycles. The number of rotatable bonds is 6. The second-order valence-electron chi connectivity index (χ2n) is 7.08. The molecule has 0 radical (unpaired) electrons. The fourth-order valence-corrected chi connectivity index (χ4v) is 4.31. The number of amides is 2. The van der Waals surface area contributed by atoms with E-state index in [1.165, 1.54) is 11.3 Å². The maximum absolute atomic E-state index is 12.1. The van der Waals surface area contributed by atoms with Crippen molar-refractivity contribution in [2.45, 2.75) is 13.0 Å². The van der Waals surface area contributed by atoms with Crippen LogP contribution in [0.15, 0.2) is 78.9 Å². The Kier molecular flexibility index (Phi) is 5.91. The van der Waals surface area contributed by atoms with Gasteiger partial charge in [0.25, 0.3) is 5.91 Å². The molecule has 30 heavy (non-hydrogen) atoms. The van der Waals surface area contributed by atoms with Crippen molar-refractivity contribution in [3.05, 3.63) is 94.9 Å². The van der Waals surface area contributed by atoms with E-state index in [4.69, 9.17) is 0 Å². The van der Waals surface area contributed by atoms with Crippen LogP contribution < -0.4 is 10.6 Å². The zero-order chi connectivity index (χ0) is 20.9. The molecular formula is C25H22N2O2S. The molecule has 0 aliphatic heterocycles. The Hall–Kier alpha value is -3.44. The first-order chi connectivity index (χ1) is 14.6. The van der Waals surface area contributed by atoms with Crippen LogP contribution in [-0.2, 0) is 17.8 Å². The number of carbonyl (C=O) groups excluding carboxylic acids is 2. The summed E-state index contributed by atoms with van der Waals surface area (Å²) < 4.78 is 1.09. The molecule has 5 heteroatoms. The molecule has 2 N–H and O–H groups in total. The van der Waals surface area contributed by atoms with Gasteiger partial charge in [-0.1, -0.05) is 60.7 Å². The Labute approximate surface area is 179 Å². The lowest BCUT2D eigenvalue weighted by Gasteiger charge is -2.07. The minimum atomic E-state index is -0.0589. The van der Waals surface area contributed by atoms with Gasteiger partial charge in [0.15, 0.2) is 0 Å². The van der Waals surface area contributed by atoms with Crippen molar-refractivity contribution in [2.24, 2.45) is 0 Å². The molecule has 0 bridgehead atoms. The summed E-state index contributed by atoms with van der Waals surface area (Å²) in [5, 5.41) is 6.71. The van der Waals surface area contributed by atoms with Crippen LogP contribution >= 0.6 is 11.3 Å². The fraction of sp³-hybridized carbons (Fsp3) is 0.120. The molecule has 0 fully saturated rings. The Bertz CT molecular complexity index is 1180. The van der Waals surface area contributed by atoms with E-state index in [0.717, 1.165) is 32.3 Å². The smallest absolute Gasteiger partial charge is 0.261 e. The molecule has 150 valence electrons. The summed E-state index contributed by atoms with van der Waals surface area (Å²) in [6.07, 6.45) is 0.387. The van der Waals surface area contributed by atoms with Crippen molar-refractivity contribution in [1.29, 1.82) is 0 Å². The first kappa shape index (κ1) is 19.9. The van der Waals surface area contributed by atoms with Gasteiger partial charge in [-0.3, -0.25) is 9.59 Å². The van der Waals surface area contributed by atoms with E-state index in [0.29, 0.717) is 17.8 Å². The molecule has 4 nitrogen and oxygen atoms in total. The molecule has 4 rings (SSSR count). The first-order valence-electron chi connectivity index (χ1n) is 9.78. The van der Waals surface area contributed by atoms with Crippen LogP contribution in [0.4, 0.5) is 0 Å². The van der Waals surface area contributed by atoms with Gasteiger partial charge in [0.2, 0.25) is 5.91 Å². The molecule has 0 aliphatic rings. The van der Waals surface area contributed by atoms with Crippen LogP contribution in [0.25, 0.3) is 21.2 Å². The van der Waals surface area contributed by atoms with Crippen LogP contribution in [0.5, 0.6) is 0 Å². The topological polar surface area (TPSA) is 58.2 Å². The molecule has 0 saturated heterocycles. The third kappa shape index (κ3) is 4.58. The highest BCUT2D eigenvalue weighted by Crippen LogP contribution is 2.30. The summed E-state index contributed by atoms with van der Waals surface area (Å²) in [4.78, 5) is 24.7. The Morgan fingerprint density at radius 3 is 2.30 bits per heavy atom. The molecule has 1 aromatic heterocycles. The Balaban J connectivity index is 1.41. The molecule has 2 amide bonds. The van der Waals surface area contributed by atoms with Crippen molar-refractivity contribution in [2.75, 3.05) is 7.05 Å². The van der Waals surface area contributed by atoms with E-state index in [1.54, 1.807) is 7.05 Å². The lowest BCUT2D eigenvalue weighted by Crippen LogP contribution is -2.24. The number of benzene rings is 3. The number of hydrogen-bond acceptors (Lipinski definition) is 3. The highest BCUT2D eigenvalue weighted by Gasteiger charge is 2.09. The van der Waals surface area contributed by atoms with Gasteiger partial charge in [-0.25, -0.2) is 0 Å². The van der Waals surface area contributed by atoms with Gasteiger partial charge in [-0.2, -0.15) is 0 Å². The van der Waals surface area contributed by atoms with Crippen LogP contribution in [0, 0.1) is 0 Å². The van der Waals surface area contributed by atoms with E-state index in [1.807, 2.05) is 48.5 Å². The highest BCUT2D eigenvalue weighted by molar-refractivity contribution is 7.20. The van der Waals surface area contributed by atoms with E-state index in [2.05, 4.69) is 41.0 Å². The second kappa shape index (κ2) is 8.93. The van der Waals surface area contributed by atoms with Gasteiger partial charge in [0.1, 0.15) is 0 Å². The molecule has 0 atom stereocenters. The van der Waals surface area contributed by atoms with Crippen LogP contribution in [0.3, 0.4) is 0 Å². The molecule has 0 saturated carbocycles. The third-order valence-corrected chi connectivity index (χ3v) is 6.07. The predicted molar refractivity (Wildman–Crippen MR) is 123 cm³/mol. The van der Waals surface area contributed by atoms with E-state index >= 15 is 0 Å². The average molecular weight is 415 g/mol. The average Bonchev–Trinajstić information content (AvgIpc) is 3.21. The maximum Gasteiger partial charge on any atom is 0.261 e. The van der Waals surface area contributed by atoms with Gasteiger partial charge >= 0.3 is 0 Å². The number of hydrogen-bond donors (Lipinski definition) is 2. The molecule has 4 aromatic rings. The summed E-state index contributed by atoms with van der Waals surface area (Å²) in [7, 11) is 1.64. The Morgan fingerprint density at radius 2 is 1.57 bits per heavy atom. The standard InChI is InChI=1S/C25H22N2O2S/c1-26-25(29)23-15-21-14-20(11-12-22(21)30-23)19-9-7-18(8-10-19)16-27-24(28)13-17-5-3-2-4-6-17/h2-12,14-15H,13,16H2,1H3,(H,26,29)(H,27,28). The minimum absolute atomic E-state index is 0.0140. The molecule has 0 aliphatic carbocycles. The van der Waals surface area contributed by atoms with E-state index in [9.17, 15) is 9.59 Å². The van der Waals surface area contributed by atoms with Gasteiger partial charge in [-0.15, -0.1) is 11.3 Å². The Morgan fingerprint density at radius 1 is 0.833 bits per heavy atom. The van der Waals surface area contributed by atoms with Crippen molar-refractivity contribution in [1.82, 2.24) is 10.6 Å². The van der Waals surface area contributed by atoms with Gasteiger partial charge in [-0.05, 0) is 45.8 Å². The van der Waals surface area contributed by atoms with E-state index in [-0.39, 0.29) is 11.8 Å². The van der Waals surface area contributed by atoms with Gasteiger partial charge in [0.05, 0.1) is 11.3 Å². The van der Waals surface area contributed by atoms with E-state index < -0.39 is 0 Å². The van der Waals surface area contributed by atoms with Gasteiger partial charge in [0, 0.05) is 18.3 Å². The molecule has 1 heterocycles. The minimum Gasteiger partial charge on any atom is -0.354 e. The SMILES string of the molecule is CNC(=O)c1cc2cc(-c3ccc(CNC(=O)Cc4ccccc4)cc3)ccc2s1. The quantitative estimate of drug-likeness (QED) is 0.477. The normalized spacial score (nSPS) is 10.7. The zero-order valence-corrected chi connectivity index (χ0v) is 17.5. The lowest BCUT2D eigenvalue weighted by molar-refractivity contribution is -0.120. The predicted octanol–water partition coefficient (Wildman–Crippen LogP) is 4.79. The maximum atomic E-state index is 12.1. The summed E-state index contributed by atoms with van der Waals surface area (Å²) in [6, 6.07) is 26.1. The van der Waals surface area contributed by atoms with Crippen LogP contribution in [0.1, 0.15) is 20.8 Å². The van der Waals surface area contributed by atoms with Crippen molar-refractivity contribution < 1.29 is 9.59 Å². The fourth-order valence-electron chi connectivity index (χ4n) is 3.32. The zero-order valence-electron chi connectivity index (χ0n) is 16.6. The number of fused-ring (bicyclic) bond motifs is 1. The summed E-state index contributed by atoms with van der Waals surface area (Å²) in [5.74, 6) is -0.0449. The third-order valence-electron chi connectivity index (χ3n) is 4.95. The van der Waals surface area contributed by atoms with Crippen molar-refractivity contribution in [3.63, 3.8) is 0 Å². The number of nitrogens with one attached hydrogen (secondary N) is 2. The molecule has 0 spiro atoms. The van der Waals surface area contributed by atoms with Crippen molar-refractivity contribution in [3.8, 4) is 11.1 Å². The van der Waals surface area contributed by atoms with Gasteiger partial charge < -0.3 is 10.6 Å². The number of thiophene rings is 1. The van der Waals surface area contributed by atoms with Crippen LogP contribution in [0.2, 0.25) is 0 Å². The lowest BCUT2D eigenvalue weighted by atomic mass is 10.0.